The zero-order valence-electron chi connectivity index (χ0n) is 9.77. The molecule has 0 spiro atoms. The first-order chi connectivity index (χ1) is 8.16. The standard InChI is InChI=1S/C13H13NO3/c1-9-3-4-13(12(5-9)10(2)15)16-7-11-6-14-17-8-11/h3-6,8H,7H2,1-2H3. The van der Waals surface area contributed by atoms with Crippen molar-refractivity contribution < 1.29 is 14.1 Å². The Kier molecular flexibility index (Phi) is 3.23. The van der Waals surface area contributed by atoms with Crippen molar-refractivity contribution in [1.29, 1.82) is 0 Å². The molecular formula is C13H13NO3. The highest BCUT2D eigenvalue weighted by molar-refractivity contribution is 5.97. The van der Waals surface area contributed by atoms with E-state index in [0.717, 1.165) is 11.1 Å². The van der Waals surface area contributed by atoms with Crippen molar-refractivity contribution in [3.63, 3.8) is 0 Å². The van der Waals surface area contributed by atoms with Crippen LogP contribution in [0, 0.1) is 6.92 Å². The van der Waals surface area contributed by atoms with Crippen molar-refractivity contribution in [3.05, 3.63) is 47.3 Å². The highest BCUT2D eigenvalue weighted by Gasteiger charge is 2.09. The molecule has 1 heterocycles. The number of ketones is 1. The highest BCUT2D eigenvalue weighted by atomic mass is 16.5. The molecule has 0 bridgehead atoms. The molecule has 4 nitrogen and oxygen atoms in total. The van der Waals surface area contributed by atoms with Crippen LogP contribution < -0.4 is 4.74 Å². The Morgan fingerprint density at radius 2 is 2.29 bits per heavy atom. The van der Waals surface area contributed by atoms with Crippen molar-refractivity contribution in [2.45, 2.75) is 20.5 Å². The van der Waals surface area contributed by atoms with Crippen LogP contribution in [0.15, 0.2) is 35.2 Å². The van der Waals surface area contributed by atoms with Crippen molar-refractivity contribution in [2.75, 3.05) is 0 Å². The number of aryl methyl sites for hydroxylation is 1. The molecule has 4 heteroatoms. The van der Waals surface area contributed by atoms with Crippen molar-refractivity contribution >= 4 is 5.78 Å². The lowest BCUT2D eigenvalue weighted by molar-refractivity contribution is 0.101. The number of nitrogens with zero attached hydrogens (tertiary/aromatic N) is 1. The second-order valence-corrected chi connectivity index (χ2v) is 3.88. The van der Waals surface area contributed by atoms with Crippen LogP contribution in [-0.2, 0) is 6.61 Å². The number of hydrogen-bond acceptors (Lipinski definition) is 4. The first-order valence-corrected chi connectivity index (χ1v) is 5.29. The topological polar surface area (TPSA) is 52.3 Å². The molecule has 1 aromatic carbocycles. The molecule has 17 heavy (non-hydrogen) atoms. The molecule has 0 aliphatic rings. The van der Waals surface area contributed by atoms with Gasteiger partial charge in [-0.2, -0.15) is 0 Å². The predicted molar refractivity (Wildman–Crippen MR) is 62.0 cm³/mol. The van der Waals surface area contributed by atoms with Crippen LogP contribution in [0.2, 0.25) is 0 Å². The number of Topliss-reactive ketones (excluding diaryl/α,β-unsaturated/α-hetero) is 1. The van der Waals surface area contributed by atoms with Crippen LogP contribution in [0.4, 0.5) is 0 Å². The maximum atomic E-state index is 11.5. The molecule has 2 rings (SSSR count). The summed E-state index contributed by atoms with van der Waals surface area (Å²) in [5.74, 6) is 0.582. The third-order valence-corrected chi connectivity index (χ3v) is 2.39. The van der Waals surface area contributed by atoms with Crippen LogP contribution in [0.3, 0.4) is 0 Å². The lowest BCUT2D eigenvalue weighted by atomic mass is 10.1. The molecule has 0 N–H and O–H groups in total. The Morgan fingerprint density at radius 1 is 1.47 bits per heavy atom. The SMILES string of the molecule is CC(=O)c1cc(C)ccc1OCc1cnoc1. The lowest BCUT2D eigenvalue weighted by Gasteiger charge is -2.09. The Balaban J connectivity index is 2.17. The molecule has 0 saturated carbocycles. The molecule has 88 valence electrons. The van der Waals surface area contributed by atoms with Crippen LogP contribution in [0.1, 0.15) is 28.4 Å². The summed E-state index contributed by atoms with van der Waals surface area (Å²) in [5, 5.41) is 3.58. The van der Waals surface area contributed by atoms with Crippen LogP contribution in [0.25, 0.3) is 0 Å². The van der Waals surface area contributed by atoms with Gasteiger partial charge in [0.05, 0.1) is 11.8 Å². The summed E-state index contributed by atoms with van der Waals surface area (Å²) < 4.78 is 10.3. The summed E-state index contributed by atoms with van der Waals surface area (Å²) in [7, 11) is 0. The van der Waals surface area contributed by atoms with E-state index in [4.69, 9.17) is 9.26 Å². The molecule has 0 aliphatic heterocycles. The van der Waals surface area contributed by atoms with E-state index in [0.29, 0.717) is 17.9 Å². The van der Waals surface area contributed by atoms with E-state index in [1.807, 2.05) is 19.1 Å². The Bertz CT molecular complexity index is 517. The number of carbonyl (C=O) groups is 1. The molecule has 2 aromatic rings. The van der Waals surface area contributed by atoms with E-state index in [-0.39, 0.29) is 5.78 Å². The Hall–Kier alpha value is -2.10. The van der Waals surface area contributed by atoms with Crippen LogP contribution >= 0.6 is 0 Å². The second-order valence-electron chi connectivity index (χ2n) is 3.88. The third-order valence-electron chi connectivity index (χ3n) is 2.39. The quantitative estimate of drug-likeness (QED) is 0.759. The molecule has 0 fully saturated rings. The van der Waals surface area contributed by atoms with Crippen molar-refractivity contribution in [2.24, 2.45) is 0 Å². The van der Waals surface area contributed by atoms with Gasteiger partial charge < -0.3 is 9.26 Å². The number of carbonyl (C=O) groups excluding carboxylic acids is 1. The molecule has 0 saturated heterocycles. The third kappa shape index (κ3) is 2.72. The summed E-state index contributed by atoms with van der Waals surface area (Å²) >= 11 is 0. The van der Waals surface area contributed by atoms with E-state index in [2.05, 4.69) is 5.16 Å². The molecule has 0 radical (unpaired) electrons. The highest BCUT2D eigenvalue weighted by Crippen LogP contribution is 2.21. The number of hydrogen-bond donors (Lipinski definition) is 0. The minimum absolute atomic E-state index is 0.00554. The smallest absolute Gasteiger partial charge is 0.163 e. The van der Waals surface area contributed by atoms with Gasteiger partial charge in [-0.3, -0.25) is 4.79 Å². The van der Waals surface area contributed by atoms with E-state index in [1.165, 1.54) is 13.2 Å². The van der Waals surface area contributed by atoms with Gasteiger partial charge in [-0.05, 0) is 26.0 Å². The van der Waals surface area contributed by atoms with Gasteiger partial charge in [-0.1, -0.05) is 16.8 Å². The average molecular weight is 231 g/mol. The minimum atomic E-state index is -0.00554. The van der Waals surface area contributed by atoms with E-state index >= 15 is 0 Å². The molecule has 0 atom stereocenters. The summed E-state index contributed by atoms with van der Waals surface area (Å²) in [6.45, 7) is 3.81. The number of benzene rings is 1. The predicted octanol–water partition coefficient (Wildman–Crippen LogP) is 2.76. The molecule has 0 aliphatic carbocycles. The second kappa shape index (κ2) is 4.82. The summed E-state index contributed by atoms with van der Waals surface area (Å²) in [6, 6.07) is 5.54. The molecular weight excluding hydrogens is 218 g/mol. The van der Waals surface area contributed by atoms with Gasteiger partial charge in [0, 0.05) is 5.56 Å². The molecule has 0 unspecified atom stereocenters. The number of aromatic nitrogens is 1. The molecule has 0 amide bonds. The largest absolute Gasteiger partial charge is 0.488 e. The fourth-order valence-electron chi connectivity index (χ4n) is 1.50. The van der Waals surface area contributed by atoms with Gasteiger partial charge in [0.15, 0.2) is 5.78 Å². The van der Waals surface area contributed by atoms with E-state index < -0.39 is 0 Å². The van der Waals surface area contributed by atoms with Crippen molar-refractivity contribution in [1.82, 2.24) is 5.16 Å². The number of rotatable bonds is 4. The lowest BCUT2D eigenvalue weighted by Crippen LogP contribution is -2.01. The fourth-order valence-corrected chi connectivity index (χ4v) is 1.50. The minimum Gasteiger partial charge on any atom is -0.488 e. The monoisotopic (exact) mass is 231 g/mol. The van der Waals surface area contributed by atoms with E-state index in [1.54, 1.807) is 12.3 Å². The van der Waals surface area contributed by atoms with Crippen LogP contribution in [-0.4, -0.2) is 10.9 Å². The first-order valence-electron chi connectivity index (χ1n) is 5.29. The Labute approximate surface area is 99.2 Å². The van der Waals surface area contributed by atoms with Gasteiger partial charge in [0.2, 0.25) is 0 Å². The summed E-state index contributed by atoms with van der Waals surface area (Å²) in [6.07, 6.45) is 3.10. The van der Waals surface area contributed by atoms with Gasteiger partial charge in [-0.25, -0.2) is 0 Å². The number of ether oxygens (including phenoxy) is 1. The normalized spacial score (nSPS) is 10.2. The van der Waals surface area contributed by atoms with Gasteiger partial charge in [-0.15, -0.1) is 0 Å². The van der Waals surface area contributed by atoms with E-state index in [9.17, 15) is 4.79 Å². The first kappa shape index (κ1) is 11.4. The fraction of sp³-hybridized carbons (Fsp3) is 0.231. The van der Waals surface area contributed by atoms with Crippen LogP contribution in [0.5, 0.6) is 5.75 Å². The summed E-state index contributed by atoms with van der Waals surface area (Å²) in [5.41, 5.74) is 2.47. The summed E-state index contributed by atoms with van der Waals surface area (Å²) in [4.78, 5) is 11.5. The zero-order chi connectivity index (χ0) is 12.3. The average Bonchev–Trinajstić information content (AvgIpc) is 2.80. The molecule has 1 aromatic heterocycles. The Morgan fingerprint density at radius 3 is 2.94 bits per heavy atom. The van der Waals surface area contributed by atoms with Gasteiger partial charge >= 0.3 is 0 Å². The van der Waals surface area contributed by atoms with Crippen molar-refractivity contribution in [3.8, 4) is 5.75 Å². The maximum Gasteiger partial charge on any atom is 0.163 e. The van der Waals surface area contributed by atoms with Gasteiger partial charge in [0.25, 0.3) is 0 Å². The zero-order valence-corrected chi connectivity index (χ0v) is 9.77. The maximum absolute atomic E-state index is 11.5. The van der Waals surface area contributed by atoms with Gasteiger partial charge in [0.1, 0.15) is 18.6 Å².